The zero-order valence-corrected chi connectivity index (χ0v) is 10.1. The summed E-state index contributed by atoms with van der Waals surface area (Å²) in [4.78, 5) is 15.8. The molecule has 1 aromatic heterocycles. The molecule has 5 nitrogen and oxygen atoms in total. The van der Waals surface area contributed by atoms with E-state index in [9.17, 15) is 9.18 Å². The van der Waals surface area contributed by atoms with Crippen LogP contribution in [-0.4, -0.2) is 43.2 Å². The molecule has 0 spiro atoms. The molecule has 0 aromatic carbocycles. The van der Waals surface area contributed by atoms with Crippen LogP contribution in [-0.2, 0) is 4.74 Å². The van der Waals surface area contributed by atoms with Gasteiger partial charge in [0, 0.05) is 19.3 Å². The second-order valence-corrected chi connectivity index (χ2v) is 3.84. The number of ketones is 1. The topological polar surface area (TPSA) is 60.5 Å². The van der Waals surface area contributed by atoms with Crippen LogP contribution in [0.5, 0.6) is 5.88 Å². The fraction of sp³-hybridized carbons (Fsp3) is 0.500. The Kier molecular flexibility index (Phi) is 4.22. The number of rotatable bonds is 4. The molecule has 1 aliphatic heterocycles. The highest BCUT2D eigenvalue weighted by Gasteiger charge is 2.27. The Morgan fingerprint density at radius 2 is 2.56 bits per heavy atom. The lowest BCUT2D eigenvalue weighted by molar-refractivity contribution is 0.0265. The second-order valence-electron chi connectivity index (χ2n) is 3.84. The average molecular weight is 254 g/mol. The third-order valence-electron chi connectivity index (χ3n) is 2.62. The van der Waals surface area contributed by atoms with Crippen LogP contribution in [0.4, 0.5) is 4.39 Å². The summed E-state index contributed by atoms with van der Waals surface area (Å²) < 4.78 is 24.3. The fourth-order valence-corrected chi connectivity index (χ4v) is 1.76. The Bertz CT molecular complexity index is 433. The number of ether oxygens (including phenoxy) is 2. The van der Waals surface area contributed by atoms with Gasteiger partial charge in [-0.1, -0.05) is 0 Å². The van der Waals surface area contributed by atoms with Crippen molar-refractivity contribution in [3.8, 4) is 5.88 Å². The number of halogens is 1. The SMILES string of the molecule is CCOc1nccc(C(=O)C2CNCCO2)c1F. The molecule has 98 valence electrons. The maximum absolute atomic E-state index is 14.0. The Labute approximate surface area is 104 Å². The van der Waals surface area contributed by atoms with Gasteiger partial charge in [0.05, 0.1) is 18.8 Å². The summed E-state index contributed by atoms with van der Waals surface area (Å²) in [5.41, 5.74) is -0.0397. The lowest BCUT2D eigenvalue weighted by Gasteiger charge is -2.22. The van der Waals surface area contributed by atoms with Crippen molar-refractivity contribution >= 4 is 5.78 Å². The van der Waals surface area contributed by atoms with Gasteiger partial charge < -0.3 is 14.8 Å². The highest BCUT2D eigenvalue weighted by Crippen LogP contribution is 2.19. The monoisotopic (exact) mass is 254 g/mol. The first kappa shape index (κ1) is 12.9. The fourth-order valence-electron chi connectivity index (χ4n) is 1.76. The van der Waals surface area contributed by atoms with Gasteiger partial charge in [0.25, 0.3) is 5.88 Å². The van der Waals surface area contributed by atoms with Crippen molar-refractivity contribution in [2.24, 2.45) is 0 Å². The minimum Gasteiger partial charge on any atom is -0.476 e. The number of hydrogen-bond acceptors (Lipinski definition) is 5. The normalized spacial score (nSPS) is 19.6. The molecule has 1 aromatic rings. The smallest absolute Gasteiger partial charge is 0.251 e. The van der Waals surface area contributed by atoms with E-state index in [1.54, 1.807) is 6.92 Å². The number of hydrogen-bond donors (Lipinski definition) is 1. The zero-order chi connectivity index (χ0) is 13.0. The van der Waals surface area contributed by atoms with Crippen molar-refractivity contribution in [3.05, 3.63) is 23.6 Å². The van der Waals surface area contributed by atoms with Crippen LogP contribution in [0, 0.1) is 5.82 Å². The van der Waals surface area contributed by atoms with E-state index in [2.05, 4.69) is 10.3 Å². The van der Waals surface area contributed by atoms with E-state index >= 15 is 0 Å². The van der Waals surface area contributed by atoms with Gasteiger partial charge in [-0.15, -0.1) is 0 Å². The Morgan fingerprint density at radius 3 is 3.22 bits per heavy atom. The largest absolute Gasteiger partial charge is 0.476 e. The maximum atomic E-state index is 14.0. The van der Waals surface area contributed by atoms with Crippen molar-refractivity contribution in [3.63, 3.8) is 0 Å². The van der Waals surface area contributed by atoms with E-state index < -0.39 is 11.9 Å². The van der Waals surface area contributed by atoms with E-state index in [0.29, 0.717) is 26.3 Å². The van der Waals surface area contributed by atoms with Gasteiger partial charge in [0.1, 0.15) is 6.10 Å². The maximum Gasteiger partial charge on any atom is 0.251 e. The van der Waals surface area contributed by atoms with E-state index in [-0.39, 0.29) is 17.2 Å². The minimum absolute atomic E-state index is 0.0397. The Balaban J connectivity index is 2.21. The molecule has 2 rings (SSSR count). The summed E-state index contributed by atoms with van der Waals surface area (Å²) >= 11 is 0. The molecule has 1 fully saturated rings. The molecule has 1 atom stereocenters. The second kappa shape index (κ2) is 5.88. The first-order chi connectivity index (χ1) is 8.74. The van der Waals surface area contributed by atoms with Crippen LogP contribution >= 0.6 is 0 Å². The number of carbonyl (C=O) groups is 1. The Hall–Kier alpha value is -1.53. The highest BCUT2D eigenvalue weighted by molar-refractivity contribution is 6.00. The molecule has 1 unspecified atom stereocenters. The highest BCUT2D eigenvalue weighted by atomic mass is 19.1. The molecular formula is C12H15FN2O3. The molecule has 1 saturated heterocycles. The van der Waals surface area contributed by atoms with Gasteiger partial charge in [0.15, 0.2) is 11.6 Å². The van der Waals surface area contributed by atoms with Crippen molar-refractivity contribution in [2.75, 3.05) is 26.3 Å². The number of nitrogens with zero attached hydrogens (tertiary/aromatic N) is 1. The Morgan fingerprint density at radius 1 is 1.72 bits per heavy atom. The average Bonchev–Trinajstić information content (AvgIpc) is 2.42. The van der Waals surface area contributed by atoms with Crippen LogP contribution in [0.2, 0.25) is 0 Å². The summed E-state index contributed by atoms with van der Waals surface area (Å²) in [6.45, 7) is 3.56. The molecule has 1 N–H and O–H groups in total. The summed E-state index contributed by atoms with van der Waals surface area (Å²) in [5.74, 6) is -1.26. The molecule has 0 saturated carbocycles. The molecule has 6 heteroatoms. The number of aromatic nitrogens is 1. The quantitative estimate of drug-likeness (QED) is 0.805. The van der Waals surface area contributed by atoms with Crippen molar-refractivity contribution in [1.29, 1.82) is 0 Å². The van der Waals surface area contributed by atoms with Crippen molar-refractivity contribution in [2.45, 2.75) is 13.0 Å². The van der Waals surface area contributed by atoms with E-state index in [0.717, 1.165) is 0 Å². The van der Waals surface area contributed by atoms with E-state index in [4.69, 9.17) is 9.47 Å². The molecule has 0 amide bonds. The van der Waals surface area contributed by atoms with Gasteiger partial charge in [-0.3, -0.25) is 4.79 Å². The molecule has 0 aliphatic carbocycles. The third kappa shape index (κ3) is 2.65. The summed E-state index contributed by atoms with van der Waals surface area (Å²) in [5, 5.41) is 3.03. The lowest BCUT2D eigenvalue weighted by atomic mass is 10.1. The summed E-state index contributed by atoms with van der Waals surface area (Å²) in [6.07, 6.45) is 0.711. The minimum atomic E-state index is -0.724. The van der Waals surface area contributed by atoms with Crippen LogP contribution in [0.1, 0.15) is 17.3 Å². The zero-order valence-electron chi connectivity index (χ0n) is 10.1. The molecule has 1 aliphatic rings. The van der Waals surface area contributed by atoms with Crippen molar-refractivity contribution in [1.82, 2.24) is 10.3 Å². The van der Waals surface area contributed by atoms with Gasteiger partial charge in [-0.05, 0) is 13.0 Å². The van der Waals surface area contributed by atoms with Crippen molar-refractivity contribution < 1.29 is 18.7 Å². The number of pyridine rings is 1. The van der Waals surface area contributed by atoms with Crippen LogP contribution < -0.4 is 10.1 Å². The number of carbonyl (C=O) groups excluding carboxylic acids is 1. The standard InChI is InChI=1S/C12H15FN2O3/c1-2-17-12-10(13)8(3-4-15-12)11(16)9-7-14-5-6-18-9/h3-4,9,14H,2,5-7H2,1H3. The van der Waals surface area contributed by atoms with Crippen LogP contribution in [0.15, 0.2) is 12.3 Å². The molecular weight excluding hydrogens is 239 g/mol. The number of nitrogens with one attached hydrogen (secondary N) is 1. The van der Waals surface area contributed by atoms with E-state index in [1.807, 2.05) is 0 Å². The number of morpholine rings is 1. The van der Waals surface area contributed by atoms with Gasteiger partial charge in [0.2, 0.25) is 0 Å². The third-order valence-corrected chi connectivity index (χ3v) is 2.62. The molecule has 2 heterocycles. The van der Waals surface area contributed by atoms with Gasteiger partial charge in [-0.2, -0.15) is 0 Å². The van der Waals surface area contributed by atoms with E-state index in [1.165, 1.54) is 12.3 Å². The van der Waals surface area contributed by atoms with Gasteiger partial charge in [-0.25, -0.2) is 9.37 Å². The predicted molar refractivity (Wildman–Crippen MR) is 62.3 cm³/mol. The summed E-state index contributed by atoms with van der Waals surface area (Å²) in [7, 11) is 0. The predicted octanol–water partition coefficient (Wildman–Crippen LogP) is 0.790. The number of Topliss-reactive ketones (excluding diaryl/α,β-unsaturated/α-hetero) is 1. The van der Waals surface area contributed by atoms with Gasteiger partial charge >= 0.3 is 0 Å². The lowest BCUT2D eigenvalue weighted by Crippen LogP contribution is -2.43. The molecule has 0 radical (unpaired) electrons. The van der Waals surface area contributed by atoms with Crippen LogP contribution in [0.25, 0.3) is 0 Å². The molecule has 0 bridgehead atoms. The summed E-state index contributed by atoms with van der Waals surface area (Å²) in [6, 6.07) is 1.35. The first-order valence-electron chi connectivity index (χ1n) is 5.88. The first-order valence-corrected chi connectivity index (χ1v) is 5.88. The molecule has 18 heavy (non-hydrogen) atoms. The van der Waals surface area contributed by atoms with Crippen LogP contribution in [0.3, 0.4) is 0 Å².